The molecule has 8 nitrogen and oxygen atoms in total. The summed E-state index contributed by atoms with van der Waals surface area (Å²) < 4.78 is 13.0. The second kappa shape index (κ2) is 10.8. The Kier molecular flexibility index (Phi) is 7.88. The average molecular weight is 442 g/mol. The van der Waals surface area contributed by atoms with E-state index in [4.69, 9.17) is 0 Å². The van der Waals surface area contributed by atoms with E-state index in [1.807, 2.05) is 0 Å². The van der Waals surface area contributed by atoms with E-state index in [1.165, 1.54) is 24.3 Å². The van der Waals surface area contributed by atoms with Crippen molar-refractivity contribution in [2.45, 2.75) is 32.7 Å². The highest BCUT2D eigenvalue weighted by molar-refractivity contribution is 5.91. The van der Waals surface area contributed by atoms with Gasteiger partial charge >= 0.3 is 0 Å². The molecule has 2 N–H and O–H groups in total. The van der Waals surface area contributed by atoms with E-state index in [0.717, 1.165) is 31.5 Å². The largest absolute Gasteiger partial charge is 0.352 e. The highest BCUT2D eigenvalue weighted by Gasteiger charge is 2.25. The lowest BCUT2D eigenvalue weighted by atomic mass is 9.95. The molecule has 1 heterocycles. The molecule has 1 saturated heterocycles. The van der Waals surface area contributed by atoms with Gasteiger partial charge in [-0.2, -0.15) is 0 Å². The van der Waals surface area contributed by atoms with Gasteiger partial charge in [0, 0.05) is 43.2 Å². The topological polar surface area (TPSA) is 105 Å². The van der Waals surface area contributed by atoms with Crippen molar-refractivity contribution in [2.75, 3.05) is 25.0 Å². The number of nitrogens with one attached hydrogen (secondary N) is 2. The minimum absolute atomic E-state index is 0.000337. The molecule has 2 aromatic carbocycles. The summed E-state index contributed by atoms with van der Waals surface area (Å²) in [4.78, 5) is 37.2. The van der Waals surface area contributed by atoms with E-state index >= 15 is 0 Å². The Bertz CT molecular complexity index is 972. The number of rotatable bonds is 8. The number of likely N-dealkylation sites (tertiary alicyclic amines) is 1. The molecule has 9 heteroatoms. The number of anilines is 1. The van der Waals surface area contributed by atoms with Gasteiger partial charge in [-0.05, 0) is 62.2 Å². The molecule has 0 spiro atoms. The van der Waals surface area contributed by atoms with Gasteiger partial charge < -0.3 is 15.5 Å². The number of carbonyl (C=O) groups is 2. The monoisotopic (exact) mass is 442 g/mol. The van der Waals surface area contributed by atoms with Crippen molar-refractivity contribution in [2.24, 2.45) is 5.92 Å². The van der Waals surface area contributed by atoms with Crippen LogP contribution in [-0.2, 0) is 16.1 Å². The van der Waals surface area contributed by atoms with E-state index in [0.29, 0.717) is 30.8 Å². The van der Waals surface area contributed by atoms with E-state index in [1.54, 1.807) is 25.1 Å². The van der Waals surface area contributed by atoms with Crippen LogP contribution in [0.15, 0.2) is 42.5 Å². The smallest absolute Gasteiger partial charge is 0.269 e. The molecule has 0 aromatic heterocycles. The van der Waals surface area contributed by atoms with Gasteiger partial charge in [-0.3, -0.25) is 19.7 Å². The lowest BCUT2D eigenvalue weighted by Gasteiger charge is -2.31. The van der Waals surface area contributed by atoms with Gasteiger partial charge in [0.2, 0.25) is 11.8 Å². The van der Waals surface area contributed by atoms with E-state index in [2.05, 4.69) is 15.5 Å². The summed E-state index contributed by atoms with van der Waals surface area (Å²) in [5.41, 5.74) is 2.05. The first-order valence-corrected chi connectivity index (χ1v) is 10.6. The first-order chi connectivity index (χ1) is 15.3. The van der Waals surface area contributed by atoms with Crippen molar-refractivity contribution >= 4 is 23.2 Å². The van der Waals surface area contributed by atoms with E-state index < -0.39 is 4.92 Å². The Hall–Kier alpha value is -3.33. The molecule has 2 aromatic rings. The van der Waals surface area contributed by atoms with Crippen molar-refractivity contribution < 1.29 is 18.9 Å². The summed E-state index contributed by atoms with van der Waals surface area (Å²) in [6.07, 6.45) is 1.74. The maximum absolute atomic E-state index is 13.0. The zero-order valence-corrected chi connectivity index (χ0v) is 18.0. The van der Waals surface area contributed by atoms with Crippen LogP contribution in [0, 0.1) is 28.8 Å². The van der Waals surface area contributed by atoms with Gasteiger partial charge in [0.1, 0.15) is 5.82 Å². The van der Waals surface area contributed by atoms with E-state index in [9.17, 15) is 24.1 Å². The molecule has 1 fully saturated rings. The van der Waals surface area contributed by atoms with Crippen LogP contribution >= 0.6 is 0 Å². The molecule has 0 unspecified atom stereocenters. The Balaban J connectivity index is 1.37. The standard InChI is InChI=1S/C23H27FN4O4/c1-16-14-20(28(31)32)6-7-21(16)26-22(29)10-13-27-11-8-18(9-12-27)23(30)25-15-17-2-4-19(24)5-3-17/h2-7,14,18H,8-13,15H2,1H3,(H,25,30)(H,26,29). The fourth-order valence-corrected chi connectivity index (χ4v) is 3.73. The predicted octanol–water partition coefficient (Wildman–Crippen LogP) is 3.40. The van der Waals surface area contributed by atoms with Gasteiger partial charge in [-0.1, -0.05) is 12.1 Å². The van der Waals surface area contributed by atoms with Crippen LogP contribution in [0.4, 0.5) is 15.8 Å². The van der Waals surface area contributed by atoms with Crippen LogP contribution in [-0.4, -0.2) is 41.3 Å². The number of piperidine rings is 1. The quantitative estimate of drug-likeness (QED) is 0.482. The summed E-state index contributed by atoms with van der Waals surface area (Å²) >= 11 is 0. The highest BCUT2D eigenvalue weighted by atomic mass is 19.1. The third kappa shape index (κ3) is 6.58. The molecule has 0 radical (unpaired) electrons. The fraction of sp³-hybridized carbons (Fsp3) is 0.391. The van der Waals surface area contributed by atoms with Gasteiger partial charge in [0.25, 0.3) is 5.69 Å². The number of nitro benzene ring substituents is 1. The molecule has 32 heavy (non-hydrogen) atoms. The number of aryl methyl sites for hydroxylation is 1. The zero-order valence-electron chi connectivity index (χ0n) is 18.0. The van der Waals surface area contributed by atoms with Crippen LogP contribution in [0.2, 0.25) is 0 Å². The number of hydrogen-bond donors (Lipinski definition) is 2. The number of carbonyl (C=O) groups excluding carboxylic acids is 2. The molecule has 1 aliphatic heterocycles. The second-order valence-corrected chi connectivity index (χ2v) is 8.01. The Labute approximate surface area is 185 Å². The second-order valence-electron chi connectivity index (χ2n) is 8.01. The number of benzene rings is 2. The summed E-state index contributed by atoms with van der Waals surface area (Å²) in [6, 6.07) is 10.4. The normalized spacial score (nSPS) is 14.7. The maximum Gasteiger partial charge on any atom is 0.269 e. The maximum atomic E-state index is 13.0. The van der Waals surface area contributed by atoms with Crippen molar-refractivity contribution in [1.29, 1.82) is 0 Å². The van der Waals surface area contributed by atoms with Crippen LogP contribution in [0.25, 0.3) is 0 Å². The molecule has 0 atom stereocenters. The third-order valence-corrected chi connectivity index (χ3v) is 5.69. The lowest BCUT2D eigenvalue weighted by Crippen LogP contribution is -2.41. The average Bonchev–Trinajstić information content (AvgIpc) is 2.78. The molecule has 1 aliphatic rings. The molecule has 0 aliphatic carbocycles. The van der Waals surface area contributed by atoms with Crippen molar-refractivity contribution in [3.05, 3.63) is 69.5 Å². The Morgan fingerprint density at radius 2 is 1.84 bits per heavy atom. The van der Waals surface area contributed by atoms with Crippen LogP contribution in [0.3, 0.4) is 0 Å². The molecular formula is C23H27FN4O4. The summed E-state index contributed by atoms with van der Waals surface area (Å²) in [7, 11) is 0. The summed E-state index contributed by atoms with van der Waals surface area (Å²) in [5, 5.41) is 16.5. The number of hydrogen-bond acceptors (Lipinski definition) is 5. The number of non-ortho nitro benzene ring substituents is 1. The minimum Gasteiger partial charge on any atom is -0.352 e. The Morgan fingerprint density at radius 3 is 2.47 bits per heavy atom. The molecular weight excluding hydrogens is 415 g/mol. The molecule has 0 saturated carbocycles. The molecule has 3 rings (SSSR count). The van der Waals surface area contributed by atoms with Crippen molar-refractivity contribution in [3.63, 3.8) is 0 Å². The molecule has 170 valence electrons. The van der Waals surface area contributed by atoms with Crippen molar-refractivity contribution in [1.82, 2.24) is 10.2 Å². The Morgan fingerprint density at radius 1 is 1.16 bits per heavy atom. The van der Waals surface area contributed by atoms with Gasteiger partial charge in [-0.25, -0.2) is 4.39 Å². The predicted molar refractivity (Wildman–Crippen MR) is 118 cm³/mol. The van der Waals surface area contributed by atoms with Crippen LogP contribution < -0.4 is 10.6 Å². The van der Waals surface area contributed by atoms with Gasteiger partial charge in [0.15, 0.2) is 0 Å². The number of halogens is 1. The first kappa shape index (κ1) is 23.3. The number of nitrogens with zero attached hydrogens (tertiary/aromatic N) is 2. The molecule has 2 amide bonds. The van der Waals surface area contributed by atoms with Gasteiger partial charge in [0.05, 0.1) is 4.92 Å². The van der Waals surface area contributed by atoms with Crippen LogP contribution in [0.1, 0.15) is 30.4 Å². The first-order valence-electron chi connectivity index (χ1n) is 10.6. The summed E-state index contributed by atoms with van der Waals surface area (Å²) in [6.45, 7) is 4.15. The molecule has 0 bridgehead atoms. The number of amides is 2. The van der Waals surface area contributed by atoms with Gasteiger partial charge in [-0.15, -0.1) is 0 Å². The fourth-order valence-electron chi connectivity index (χ4n) is 3.73. The summed E-state index contributed by atoms with van der Waals surface area (Å²) in [5.74, 6) is -0.520. The number of nitro groups is 1. The zero-order chi connectivity index (χ0) is 23.1. The third-order valence-electron chi connectivity index (χ3n) is 5.69. The SMILES string of the molecule is Cc1cc([N+](=O)[O-])ccc1NC(=O)CCN1CCC(C(=O)NCc2ccc(F)cc2)CC1. The van der Waals surface area contributed by atoms with Crippen molar-refractivity contribution in [3.8, 4) is 0 Å². The van der Waals surface area contributed by atoms with E-state index in [-0.39, 0.29) is 29.2 Å². The minimum atomic E-state index is -0.467. The van der Waals surface area contributed by atoms with Crippen LogP contribution in [0.5, 0.6) is 0 Å². The highest BCUT2D eigenvalue weighted by Crippen LogP contribution is 2.22. The lowest BCUT2D eigenvalue weighted by molar-refractivity contribution is -0.384.